The average molecular weight is 368 g/mol. The van der Waals surface area contributed by atoms with E-state index in [1.165, 1.54) is 19.3 Å². The van der Waals surface area contributed by atoms with Crippen molar-refractivity contribution in [1.82, 2.24) is 5.32 Å². The molecule has 6 heteroatoms. The van der Waals surface area contributed by atoms with Crippen molar-refractivity contribution < 1.29 is 19.4 Å². The summed E-state index contributed by atoms with van der Waals surface area (Å²) in [6.45, 7) is 1.82. The molecule has 1 aromatic rings. The van der Waals surface area contributed by atoms with Crippen LogP contribution in [0, 0.1) is 11.8 Å². The molecule has 0 spiro atoms. The molecule has 25 heavy (non-hydrogen) atoms. The molecule has 5 nitrogen and oxygen atoms in total. The number of aliphatic carboxylic acids is 1. The Labute approximate surface area is 153 Å². The highest BCUT2D eigenvalue weighted by molar-refractivity contribution is 6.30. The molecule has 0 aromatic heterocycles. The molecule has 2 rings (SSSR count). The maximum absolute atomic E-state index is 12.0. The summed E-state index contributed by atoms with van der Waals surface area (Å²) in [6, 6.07) is 6.58. The predicted molar refractivity (Wildman–Crippen MR) is 96.6 cm³/mol. The fraction of sp³-hybridized carbons (Fsp3) is 0.579. The van der Waals surface area contributed by atoms with Crippen LogP contribution >= 0.6 is 11.6 Å². The summed E-state index contributed by atoms with van der Waals surface area (Å²) in [5.74, 6) is -1.03. The molecule has 1 aromatic carbocycles. The molecule has 1 fully saturated rings. The van der Waals surface area contributed by atoms with Crippen LogP contribution in [0.25, 0.3) is 0 Å². The number of hydrogen-bond acceptors (Lipinski definition) is 3. The van der Waals surface area contributed by atoms with E-state index in [0.29, 0.717) is 17.4 Å². The van der Waals surface area contributed by atoms with E-state index >= 15 is 0 Å². The molecule has 1 aliphatic carbocycles. The molecule has 2 atom stereocenters. The molecule has 1 unspecified atom stereocenters. The van der Waals surface area contributed by atoms with Crippen LogP contribution < -0.4 is 5.32 Å². The Morgan fingerprint density at radius 1 is 1.32 bits per heavy atom. The Hall–Kier alpha value is -1.75. The predicted octanol–water partition coefficient (Wildman–Crippen LogP) is 4.63. The van der Waals surface area contributed by atoms with E-state index in [9.17, 15) is 14.7 Å². The zero-order valence-corrected chi connectivity index (χ0v) is 15.3. The van der Waals surface area contributed by atoms with Crippen molar-refractivity contribution in [3.05, 3.63) is 34.9 Å². The van der Waals surface area contributed by atoms with Gasteiger partial charge in [-0.3, -0.25) is 4.79 Å². The van der Waals surface area contributed by atoms with Crippen molar-refractivity contribution in [2.24, 2.45) is 11.8 Å². The minimum absolute atomic E-state index is 0.0967. The molecule has 2 N–H and O–H groups in total. The first kappa shape index (κ1) is 19.6. The molecular formula is C19H26ClNO4. The fourth-order valence-corrected chi connectivity index (χ4v) is 3.62. The van der Waals surface area contributed by atoms with Gasteiger partial charge in [0.2, 0.25) is 0 Å². The zero-order valence-electron chi connectivity index (χ0n) is 14.5. The summed E-state index contributed by atoms with van der Waals surface area (Å²) in [6.07, 6.45) is 5.72. The third-order valence-electron chi connectivity index (χ3n) is 4.84. The van der Waals surface area contributed by atoms with Gasteiger partial charge in [-0.15, -0.1) is 0 Å². The van der Waals surface area contributed by atoms with Crippen LogP contribution in [0.4, 0.5) is 4.79 Å². The average Bonchev–Trinajstić information content (AvgIpc) is 2.58. The minimum Gasteiger partial charge on any atom is -0.481 e. The Morgan fingerprint density at radius 2 is 2.04 bits per heavy atom. The highest BCUT2D eigenvalue weighted by Crippen LogP contribution is 2.30. The molecule has 138 valence electrons. The maximum atomic E-state index is 12.0. The van der Waals surface area contributed by atoms with E-state index in [1.54, 1.807) is 25.1 Å². The lowest BCUT2D eigenvalue weighted by atomic mass is 9.81. The van der Waals surface area contributed by atoms with Gasteiger partial charge in [-0.05, 0) is 37.0 Å². The second-order valence-corrected chi connectivity index (χ2v) is 7.26. The smallest absolute Gasteiger partial charge is 0.407 e. The molecule has 0 saturated heterocycles. The number of carbonyl (C=O) groups excluding carboxylic acids is 1. The quantitative estimate of drug-likeness (QED) is 0.736. The van der Waals surface area contributed by atoms with Gasteiger partial charge in [-0.2, -0.15) is 0 Å². The standard InChI is InChI=1S/C19H26ClNO4/c1-13(17(18(22)23)11-14-6-3-2-4-7-14)21-19(24)25-12-15-8-5-9-16(20)10-15/h5,8-10,13-14,17H,2-4,6-7,11-12H2,1H3,(H,21,24)(H,22,23)/t13?,17-/m1/s1. The number of hydrogen-bond donors (Lipinski definition) is 2. The van der Waals surface area contributed by atoms with Gasteiger partial charge in [0.15, 0.2) is 0 Å². The minimum atomic E-state index is -0.867. The lowest BCUT2D eigenvalue weighted by molar-refractivity contribution is -0.143. The van der Waals surface area contributed by atoms with Crippen molar-refractivity contribution in [2.45, 2.75) is 58.1 Å². The van der Waals surface area contributed by atoms with Crippen LogP contribution in [0.15, 0.2) is 24.3 Å². The third-order valence-corrected chi connectivity index (χ3v) is 5.07. The van der Waals surface area contributed by atoms with Crippen molar-refractivity contribution in [3.63, 3.8) is 0 Å². The number of alkyl carbamates (subject to hydrolysis) is 1. The molecule has 1 aliphatic rings. The highest BCUT2D eigenvalue weighted by atomic mass is 35.5. The number of carboxylic acid groups (broad SMARTS) is 1. The van der Waals surface area contributed by atoms with Crippen LogP contribution in [0.3, 0.4) is 0 Å². The van der Waals surface area contributed by atoms with Gasteiger partial charge in [0.1, 0.15) is 6.61 Å². The Morgan fingerprint density at radius 3 is 2.68 bits per heavy atom. The second kappa shape index (κ2) is 9.66. The normalized spacial score (nSPS) is 17.5. The SMILES string of the molecule is CC(NC(=O)OCc1cccc(Cl)c1)[C@@H](CC1CCCCC1)C(=O)O. The summed E-state index contributed by atoms with van der Waals surface area (Å²) >= 11 is 5.89. The van der Waals surface area contributed by atoms with Gasteiger partial charge < -0.3 is 15.2 Å². The van der Waals surface area contributed by atoms with Crippen LogP contribution in [-0.4, -0.2) is 23.2 Å². The number of rotatable bonds is 7. The zero-order chi connectivity index (χ0) is 18.2. The van der Waals surface area contributed by atoms with Gasteiger partial charge in [-0.1, -0.05) is 55.8 Å². The molecule has 0 heterocycles. The van der Waals surface area contributed by atoms with Crippen LogP contribution in [0.5, 0.6) is 0 Å². The van der Waals surface area contributed by atoms with E-state index in [4.69, 9.17) is 16.3 Å². The van der Waals surface area contributed by atoms with Crippen LogP contribution in [0.1, 0.15) is 51.0 Å². The lowest BCUT2D eigenvalue weighted by Gasteiger charge is -2.28. The van der Waals surface area contributed by atoms with Crippen molar-refractivity contribution in [1.29, 1.82) is 0 Å². The third kappa shape index (κ3) is 6.58. The van der Waals surface area contributed by atoms with E-state index in [1.807, 2.05) is 6.07 Å². The largest absolute Gasteiger partial charge is 0.481 e. The summed E-state index contributed by atoms with van der Waals surface area (Å²) in [7, 11) is 0. The lowest BCUT2D eigenvalue weighted by Crippen LogP contribution is -2.42. The fourth-order valence-electron chi connectivity index (χ4n) is 3.40. The number of ether oxygens (including phenoxy) is 1. The topological polar surface area (TPSA) is 75.6 Å². The molecule has 0 aliphatic heterocycles. The van der Waals surface area contributed by atoms with Gasteiger partial charge in [-0.25, -0.2) is 4.79 Å². The summed E-state index contributed by atoms with van der Waals surface area (Å²) in [5.41, 5.74) is 0.785. The highest BCUT2D eigenvalue weighted by Gasteiger charge is 2.30. The number of carboxylic acids is 1. The number of benzene rings is 1. The van der Waals surface area contributed by atoms with Crippen molar-refractivity contribution in [3.8, 4) is 0 Å². The number of nitrogens with one attached hydrogen (secondary N) is 1. The van der Waals surface area contributed by atoms with E-state index in [0.717, 1.165) is 18.4 Å². The van der Waals surface area contributed by atoms with Crippen LogP contribution in [-0.2, 0) is 16.1 Å². The number of halogens is 1. The van der Waals surface area contributed by atoms with Crippen molar-refractivity contribution in [2.75, 3.05) is 0 Å². The maximum Gasteiger partial charge on any atom is 0.407 e. The summed E-state index contributed by atoms with van der Waals surface area (Å²) < 4.78 is 5.17. The monoisotopic (exact) mass is 367 g/mol. The molecule has 0 radical (unpaired) electrons. The Bertz CT molecular complexity index is 587. The number of carbonyl (C=O) groups is 2. The number of amides is 1. The first-order valence-electron chi connectivity index (χ1n) is 8.86. The summed E-state index contributed by atoms with van der Waals surface area (Å²) in [4.78, 5) is 23.6. The Kier molecular flexibility index (Phi) is 7.56. The second-order valence-electron chi connectivity index (χ2n) is 6.82. The van der Waals surface area contributed by atoms with Crippen molar-refractivity contribution >= 4 is 23.7 Å². The molecule has 1 amide bonds. The van der Waals surface area contributed by atoms with Gasteiger partial charge in [0.25, 0.3) is 0 Å². The van der Waals surface area contributed by atoms with Gasteiger partial charge >= 0.3 is 12.1 Å². The first-order chi connectivity index (χ1) is 12.0. The van der Waals surface area contributed by atoms with Crippen LogP contribution in [0.2, 0.25) is 5.02 Å². The summed E-state index contributed by atoms with van der Waals surface area (Å²) in [5, 5.41) is 12.8. The Balaban J connectivity index is 1.83. The molecule has 0 bridgehead atoms. The van der Waals surface area contributed by atoms with E-state index in [2.05, 4.69) is 5.32 Å². The first-order valence-corrected chi connectivity index (χ1v) is 9.24. The molecule has 1 saturated carbocycles. The van der Waals surface area contributed by atoms with E-state index in [-0.39, 0.29) is 6.61 Å². The van der Waals surface area contributed by atoms with E-state index < -0.39 is 24.0 Å². The molecular weight excluding hydrogens is 342 g/mol. The van der Waals surface area contributed by atoms with Gasteiger partial charge in [0.05, 0.1) is 5.92 Å². The van der Waals surface area contributed by atoms with Gasteiger partial charge in [0, 0.05) is 11.1 Å².